The van der Waals surface area contributed by atoms with Crippen LogP contribution in [0.25, 0.3) is 0 Å². The summed E-state index contributed by atoms with van der Waals surface area (Å²) < 4.78 is 30.3. The molecule has 1 aliphatic heterocycles. The van der Waals surface area contributed by atoms with Crippen LogP contribution in [0.2, 0.25) is 10.0 Å². The molecule has 3 rings (SSSR count). The van der Waals surface area contributed by atoms with E-state index >= 15 is 4.39 Å². The summed E-state index contributed by atoms with van der Waals surface area (Å²) in [7, 11) is 0. The Hall–Kier alpha value is -2.08. The minimum atomic E-state index is -1.67. The SMILES string of the molecule is CC(C)(C)C[C@@H]1N[C@@H](C(=O)CCC[C@H](O)CO)[C@H](c2cccc(Cl)c2)[C@@]1(C#N)c1cc(F)c(Cl)cc1F. The van der Waals surface area contributed by atoms with Crippen molar-refractivity contribution >= 4 is 29.0 Å². The monoisotopic (exact) mass is 552 g/mol. The van der Waals surface area contributed by atoms with E-state index in [1.807, 2.05) is 20.8 Å². The fraction of sp³-hybridized carbons (Fsp3) is 0.500. The molecule has 0 aliphatic carbocycles. The number of nitrogens with zero attached hydrogens (tertiary/aromatic N) is 1. The van der Waals surface area contributed by atoms with Gasteiger partial charge in [0.2, 0.25) is 0 Å². The van der Waals surface area contributed by atoms with Crippen molar-refractivity contribution in [3.8, 4) is 6.07 Å². The van der Waals surface area contributed by atoms with Gasteiger partial charge < -0.3 is 15.5 Å². The summed E-state index contributed by atoms with van der Waals surface area (Å²) in [5.74, 6) is -2.82. The van der Waals surface area contributed by atoms with E-state index in [1.165, 1.54) is 0 Å². The highest BCUT2D eigenvalue weighted by Crippen LogP contribution is 2.52. The van der Waals surface area contributed by atoms with E-state index in [0.29, 0.717) is 23.4 Å². The molecule has 9 heteroatoms. The average Bonchev–Trinajstić information content (AvgIpc) is 3.14. The van der Waals surface area contributed by atoms with Crippen LogP contribution in [0.5, 0.6) is 0 Å². The second kappa shape index (κ2) is 11.8. The Morgan fingerprint density at radius 2 is 1.92 bits per heavy atom. The minimum Gasteiger partial charge on any atom is -0.394 e. The van der Waals surface area contributed by atoms with Gasteiger partial charge in [-0.3, -0.25) is 4.79 Å². The molecule has 5 nitrogen and oxygen atoms in total. The highest BCUT2D eigenvalue weighted by atomic mass is 35.5. The highest BCUT2D eigenvalue weighted by Gasteiger charge is 2.60. The Kier molecular flexibility index (Phi) is 9.36. The smallest absolute Gasteiger partial charge is 0.150 e. The summed E-state index contributed by atoms with van der Waals surface area (Å²) in [4.78, 5) is 13.6. The van der Waals surface area contributed by atoms with Crippen LogP contribution >= 0.6 is 23.2 Å². The summed E-state index contributed by atoms with van der Waals surface area (Å²) in [6, 6.07) is 9.22. The van der Waals surface area contributed by atoms with Crippen LogP contribution in [0, 0.1) is 28.4 Å². The molecule has 3 N–H and O–H groups in total. The van der Waals surface area contributed by atoms with E-state index in [-0.39, 0.29) is 29.6 Å². The number of nitriles is 1. The lowest BCUT2D eigenvalue weighted by molar-refractivity contribution is -0.121. The zero-order valence-electron chi connectivity index (χ0n) is 21.1. The Balaban J connectivity index is 2.23. The van der Waals surface area contributed by atoms with Crippen molar-refractivity contribution in [1.82, 2.24) is 5.32 Å². The Bertz CT molecular complexity index is 1180. The number of aliphatic hydroxyl groups excluding tert-OH is 2. The molecule has 200 valence electrons. The van der Waals surface area contributed by atoms with Gasteiger partial charge in [-0.1, -0.05) is 56.1 Å². The zero-order chi connectivity index (χ0) is 27.5. The van der Waals surface area contributed by atoms with Crippen LogP contribution < -0.4 is 5.32 Å². The molecule has 1 heterocycles. The normalized spacial score (nSPS) is 24.6. The lowest BCUT2D eigenvalue weighted by Gasteiger charge is -2.37. The Labute approximate surface area is 226 Å². The van der Waals surface area contributed by atoms with E-state index < -0.39 is 52.8 Å². The molecule has 2 aromatic carbocycles. The number of hydrogen-bond donors (Lipinski definition) is 3. The van der Waals surface area contributed by atoms with Crippen LogP contribution in [0.15, 0.2) is 36.4 Å². The number of carbonyl (C=O) groups excluding carboxylic acids is 1. The lowest BCUT2D eigenvalue weighted by atomic mass is 9.62. The number of halogens is 4. The molecule has 0 aromatic heterocycles. The number of aliphatic hydroxyl groups is 2. The van der Waals surface area contributed by atoms with Crippen LogP contribution in [0.1, 0.15) is 63.5 Å². The van der Waals surface area contributed by atoms with E-state index in [2.05, 4.69) is 11.4 Å². The maximum absolute atomic E-state index is 15.6. The highest BCUT2D eigenvalue weighted by molar-refractivity contribution is 6.31. The fourth-order valence-corrected chi connectivity index (χ4v) is 5.70. The average molecular weight is 553 g/mol. The zero-order valence-corrected chi connectivity index (χ0v) is 22.6. The van der Waals surface area contributed by atoms with Gasteiger partial charge >= 0.3 is 0 Å². The molecule has 1 saturated heterocycles. The Morgan fingerprint density at radius 3 is 2.51 bits per heavy atom. The van der Waals surface area contributed by atoms with Gasteiger partial charge in [0.1, 0.15) is 22.8 Å². The second-order valence-electron chi connectivity index (χ2n) is 10.9. The topological polar surface area (TPSA) is 93.3 Å². The first-order valence-corrected chi connectivity index (χ1v) is 13.0. The summed E-state index contributed by atoms with van der Waals surface area (Å²) in [5.41, 5.74) is -1.63. The maximum atomic E-state index is 15.6. The first kappa shape index (κ1) is 29.5. The number of nitrogens with one attached hydrogen (secondary N) is 1. The minimum absolute atomic E-state index is 0.0625. The molecule has 5 atom stereocenters. The van der Waals surface area contributed by atoms with Crippen LogP contribution in [0.3, 0.4) is 0 Å². The Morgan fingerprint density at radius 1 is 1.22 bits per heavy atom. The van der Waals surface area contributed by atoms with E-state index in [1.54, 1.807) is 24.3 Å². The first-order valence-electron chi connectivity index (χ1n) is 12.2. The predicted octanol–water partition coefficient (Wildman–Crippen LogP) is 5.69. The largest absolute Gasteiger partial charge is 0.394 e. The van der Waals surface area contributed by atoms with Gasteiger partial charge in [-0.2, -0.15) is 5.26 Å². The number of ketones is 1. The molecule has 0 amide bonds. The second-order valence-corrected chi connectivity index (χ2v) is 11.8. The molecule has 37 heavy (non-hydrogen) atoms. The molecule has 0 spiro atoms. The molecule has 1 aliphatic rings. The summed E-state index contributed by atoms with van der Waals surface area (Å²) in [5, 5.41) is 32.9. The number of benzene rings is 2. The van der Waals surface area contributed by atoms with Crippen LogP contribution in [-0.4, -0.2) is 40.8 Å². The van der Waals surface area contributed by atoms with Gasteiger partial charge in [-0.05, 0) is 54.5 Å². The van der Waals surface area contributed by atoms with E-state index in [4.69, 9.17) is 28.3 Å². The third-order valence-corrected chi connectivity index (χ3v) is 7.46. The van der Waals surface area contributed by atoms with Gasteiger partial charge in [0.25, 0.3) is 0 Å². The number of hydrogen-bond acceptors (Lipinski definition) is 5. The third-order valence-electron chi connectivity index (χ3n) is 6.94. The molecular formula is C28H32Cl2F2N2O3. The van der Waals surface area contributed by atoms with Crippen molar-refractivity contribution in [1.29, 1.82) is 5.26 Å². The number of rotatable bonds is 9. The summed E-state index contributed by atoms with van der Waals surface area (Å²) in [6.07, 6.45) is 0.0456. The van der Waals surface area contributed by atoms with Crippen molar-refractivity contribution < 1.29 is 23.8 Å². The molecular weight excluding hydrogens is 521 g/mol. The molecule has 1 fully saturated rings. The van der Waals surface area contributed by atoms with Crippen molar-refractivity contribution in [2.24, 2.45) is 5.41 Å². The summed E-state index contributed by atoms with van der Waals surface area (Å²) >= 11 is 12.1. The van der Waals surface area contributed by atoms with E-state index in [9.17, 15) is 19.6 Å². The standard InChI is InChI=1S/C28H32Cl2F2N2O3/c1-27(2,3)13-24-28(15-33,19-11-22(32)20(30)12-21(19)31)25(16-6-4-7-17(29)10-16)26(34-24)23(37)9-5-8-18(36)14-35/h4,6-7,10-12,18,24-26,34-36H,5,8-9,13-14H2,1-3H3/t18-,24-,25-,26-,28-/m0/s1. The fourth-order valence-electron chi connectivity index (χ4n) is 5.35. The third kappa shape index (κ3) is 6.32. The molecule has 0 saturated carbocycles. The molecule has 2 aromatic rings. The van der Waals surface area contributed by atoms with Crippen molar-refractivity contribution in [3.63, 3.8) is 0 Å². The van der Waals surface area contributed by atoms with Gasteiger partial charge in [0, 0.05) is 29.0 Å². The maximum Gasteiger partial charge on any atom is 0.150 e. The van der Waals surface area contributed by atoms with Crippen molar-refractivity contribution in [2.75, 3.05) is 6.61 Å². The number of Topliss-reactive ketones (excluding diaryl/α,β-unsaturated/α-hetero) is 1. The number of carbonyl (C=O) groups is 1. The molecule has 0 unspecified atom stereocenters. The van der Waals surface area contributed by atoms with Gasteiger partial charge in [0.05, 0.1) is 29.8 Å². The first-order chi connectivity index (χ1) is 17.3. The lowest BCUT2D eigenvalue weighted by Crippen LogP contribution is -2.44. The summed E-state index contributed by atoms with van der Waals surface area (Å²) in [6.45, 7) is 5.49. The van der Waals surface area contributed by atoms with Crippen molar-refractivity contribution in [3.05, 3.63) is 69.2 Å². The van der Waals surface area contributed by atoms with Crippen LogP contribution in [0.4, 0.5) is 8.78 Å². The van der Waals surface area contributed by atoms with Gasteiger partial charge in [-0.15, -0.1) is 0 Å². The van der Waals surface area contributed by atoms with E-state index in [0.717, 1.165) is 12.1 Å². The van der Waals surface area contributed by atoms with Crippen LogP contribution in [-0.2, 0) is 10.2 Å². The molecule has 0 bridgehead atoms. The molecule has 0 radical (unpaired) electrons. The predicted molar refractivity (Wildman–Crippen MR) is 140 cm³/mol. The quantitative estimate of drug-likeness (QED) is 0.347. The van der Waals surface area contributed by atoms with Gasteiger partial charge in [0.15, 0.2) is 0 Å². The van der Waals surface area contributed by atoms with Crippen molar-refractivity contribution in [2.45, 2.75) is 76.0 Å². The van der Waals surface area contributed by atoms with Gasteiger partial charge in [-0.25, -0.2) is 8.78 Å².